The predicted octanol–water partition coefficient (Wildman–Crippen LogP) is 3.06. The molecule has 0 spiro atoms. The molecule has 4 nitrogen and oxygen atoms in total. The molecule has 1 rings (SSSR count). The van der Waals surface area contributed by atoms with Crippen LogP contribution in [-0.2, 0) is 14.3 Å². The molecule has 0 fully saturated rings. The van der Waals surface area contributed by atoms with Gasteiger partial charge < -0.3 is 14.6 Å². The van der Waals surface area contributed by atoms with Gasteiger partial charge in [-0.15, -0.1) is 0 Å². The Morgan fingerprint density at radius 1 is 1.16 bits per heavy atom. The zero-order valence-electron chi connectivity index (χ0n) is 12.6. The van der Waals surface area contributed by atoms with Gasteiger partial charge in [-0.05, 0) is 24.0 Å². The summed E-state index contributed by atoms with van der Waals surface area (Å²) in [5.41, 5.74) is -1.07. The Kier molecular flexibility index (Phi) is 4.66. The molecule has 0 amide bonds. The lowest BCUT2D eigenvalue weighted by molar-refractivity contribution is -0.146. The van der Waals surface area contributed by atoms with Crippen LogP contribution in [-0.4, -0.2) is 25.3 Å². The standard InChI is InChI=1S/C15H24O4/c1-9(2)13-11(18-5)7-15(10(3)4,14(16)17)8-12(13)19-6/h7-10,13H,1-6H3,(H,16,17). The summed E-state index contributed by atoms with van der Waals surface area (Å²) < 4.78 is 10.9. The van der Waals surface area contributed by atoms with E-state index in [9.17, 15) is 9.90 Å². The molecule has 0 heterocycles. The topological polar surface area (TPSA) is 55.8 Å². The third-order valence-electron chi connectivity index (χ3n) is 3.84. The quantitative estimate of drug-likeness (QED) is 0.832. The van der Waals surface area contributed by atoms with Gasteiger partial charge in [0, 0.05) is 0 Å². The van der Waals surface area contributed by atoms with Crippen LogP contribution < -0.4 is 0 Å². The van der Waals surface area contributed by atoms with Gasteiger partial charge in [0.2, 0.25) is 0 Å². The number of hydrogen-bond acceptors (Lipinski definition) is 3. The van der Waals surface area contributed by atoms with Crippen molar-refractivity contribution in [3.05, 3.63) is 23.7 Å². The van der Waals surface area contributed by atoms with Crippen molar-refractivity contribution in [2.75, 3.05) is 14.2 Å². The molecule has 108 valence electrons. The first-order chi connectivity index (χ1) is 8.80. The number of carbonyl (C=O) groups is 1. The molecule has 0 unspecified atom stereocenters. The van der Waals surface area contributed by atoms with Crippen molar-refractivity contribution in [3.8, 4) is 0 Å². The fraction of sp³-hybridized carbons (Fsp3) is 0.667. The van der Waals surface area contributed by atoms with E-state index in [1.807, 2.05) is 13.8 Å². The first-order valence-corrected chi connectivity index (χ1v) is 6.57. The van der Waals surface area contributed by atoms with E-state index >= 15 is 0 Å². The van der Waals surface area contributed by atoms with Gasteiger partial charge in [0.1, 0.15) is 16.9 Å². The molecule has 0 aromatic heterocycles. The number of methoxy groups -OCH3 is 2. The van der Waals surface area contributed by atoms with Crippen LogP contribution in [0.4, 0.5) is 0 Å². The minimum absolute atomic E-state index is 0.0266. The summed E-state index contributed by atoms with van der Waals surface area (Å²) in [5, 5.41) is 9.61. The summed E-state index contributed by atoms with van der Waals surface area (Å²) in [5.74, 6) is 0.621. The van der Waals surface area contributed by atoms with Gasteiger partial charge in [-0.3, -0.25) is 4.79 Å². The molecular formula is C15H24O4. The zero-order chi connectivity index (χ0) is 14.8. The maximum absolute atomic E-state index is 11.7. The Bertz CT molecular complexity index is 382. The van der Waals surface area contributed by atoms with Gasteiger partial charge in [-0.1, -0.05) is 27.7 Å². The van der Waals surface area contributed by atoms with Gasteiger partial charge in [-0.2, -0.15) is 0 Å². The van der Waals surface area contributed by atoms with Crippen molar-refractivity contribution in [2.45, 2.75) is 27.7 Å². The maximum Gasteiger partial charge on any atom is 0.317 e. The van der Waals surface area contributed by atoms with E-state index in [-0.39, 0.29) is 17.8 Å². The van der Waals surface area contributed by atoms with E-state index in [0.717, 1.165) is 0 Å². The minimum atomic E-state index is -1.07. The normalized spacial score (nSPS) is 27.1. The number of rotatable bonds is 5. The van der Waals surface area contributed by atoms with Crippen LogP contribution in [0.5, 0.6) is 0 Å². The van der Waals surface area contributed by atoms with E-state index < -0.39 is 11.4 Å². The summed E-state index contributed by atoms with van der Waals surface area (Å²) in [6.45, 7) is 7.90. The minimum Gasteiger partial charge on any atom is -0.501 e. The molecule has 19 heavy (non-hydrogen) atoms. The first kappa shape index (κ1) is 15.6. The Labute approximate surface area is 115 Å². The Balaban J connectivity index is 3.42. The van der Waals surface area contributed by atoms with Crippen LogP contribution in [0.1, 0.15) is 27.7 Å². The third kappa shape index (κ3) is 2.62. The van der Waals surface area contributed by atoms with Crippen LogP contribution in [0, 0.1) is 23.2 Å². The molecule has 4 heteroatoms. The SMILES string of the molecule is COC1=CC(C(=O)O)(C(C)C)C=C(OC)C1C(C)C. The molecule has 1 aliphatic rings. The molecule has 0 saturated carbocycles. The van der Waals surface area contributed by atoms with Crippen molar-refractivity contribution in [1.29, 1.82) is 0 Å². The summed E-state index contributed by atoms with van der Waals surface area (Å²) in [6.07, 6.45) is 3.46. The molecular weight excluding hydrogens is 244 g/mol. The molecule has 0 aromatic rings. The highest BCUT2D eigenvalue weighted by Gasteiger charge is 2.45. The summed E-state index contributed by atoms with van der Waals surface area (Å²) >= 11 is 0. The molecule has 1 aliphatic carbocycles. The lowest BCUT2D eigenvalue weighted by Crippen LogP contribution is -2.38. The fourth-order valence-corrected chi connectivity index (χ4v) is 2.56. The average molecular weight is 268 g/mol. The Hall–Kier alpha value is -1.45. The number of ether oxygens (including phenoxy) is 2. The molecule has 0 atom stereocenters. The van der Waals surface area contributed by atoms with E-state index in [2.05, 4.69) is 13.8 Å². The number of aliphatic carboxylic acids is 1. The zero-order valence-corrected chi connectivity index (χ0v) is 12.6. The van der Waals surface area contributed by atoms with Crippen LogP contribution in [0.2, 0.25) is 0 Å². The number of hydrogen-bond donors (Lipinski definition) is 1. The summed E-state index contributed by atoms with van der Waals surface area (Å²) in [4.78, 5) is 11.7. The van der Waals surface area contributed by atoms with Crippen LogP contribution in [0.15, 0.2) is 23.7 Å². The van der Waals surface area contributed by atoms with Gasteiger partial charge in [0.15, 0.2) is 0 Å². The highest BCUT2D eigenvalue weighted by molar-refractivity contribution is 5.81. The second-order valence-electron chi connectivity index (χ2n) is 5.62. The summed E-state index contributed by atoms with van der Waals surface area (Å²) in [6, 6.07) is 0. The highest BCUT2D eigenvalue weighted by atomic mass is 16.5. The largest absolute Gasteiger partial charge is 0.501 e. The third-order valence-corrected chi connectivity index (χ3v) is 3.84. The number of carboxylic acids is 1. The van der Waals surface area contributed by atoms with Crippen molar-refractivity contribution < 1.29 is 19.4 Å². The van der Waals surface area contributed by atoms with Gasteiger partial charge in [0.25, 0.3) is 0 Å². The van der Waals surface area contributed by atoms with E-state index in [1.165, 1.54) is 0 Å². The lowest BCUT2D eigenvalue weighted by atomic mass is 9.70. The molecule has 0 bridgehead atoms. The maximum atomic E-state index is 11.7. The van der Waals surface area contributed by atoms with Crippen molar-refractivity contribution in [3.63, 3.8) is 0 Å². The van der Waals surface area contributed by atoms with Crippen LogP contribution in [0.3, 0.4) is 0 Å². The fourth-order valence-electron chi connectivity index (χ4n) is 2.56. The number of carboxylic acid groups (broad SMARTS) is 1. The average Bonchev–Trinajstić information content (AvgIpc) is 2.35. The smallest absolute Gasteiger partial charge is 0.317 e. The van der Waals surface area contributed by atoms with Gasteiger partial charge in [0.05, 0.1) is 20.1 Å². The van der Waals surface area contributed by atoms with E-state index in [4.69, 9.17) is 9.47 Å². The highest BCUT2D eigenvalue weighted by Crippen LogP contribution is 2.44. The molecule has 0 saturated heterocycles. The Morgan fingerprint density at radius 2 is 1.58 bits per heavy atom. The van der Waals surface area contributed by atoms with Crippen LogP contribution >= 0.6 is 0 Å². The van der Waals surface area contributed by atoms with Crippen molar-refractivity contribution >= 4 is 5.97 Å². The Morgan fingerprint density at radius 3 is 1.79 bits per heavy atom. The molecule has 0 aromatic carbocycles. The first-order valence-electron chi connectivity index (χ1n) is 6.57. The van der Waals surface area contributed by atoms with Crippen molar-refractivity contribution in [2.24, 2.45) is 23.2 Å². The van der Waals surface area contributed by atoms with Crippen LogP contribution in [0.25, 0.3) is 0 Å². The predicted molar refractivity (Wildman–Crippen MR) is 73.4 cm³/mol. The second kappa shape index (κ2) is 5.68. The van der Waals surface area contributed by atoms with Gasteiger partial charge in [-0.25, -0.2) is 0 Å². The lowest BCUT2D eigenvalue weighted by Gasteiger charge is -2.36. The van der Waals surface area contributed by atoms with Gasteiger partial charge >= 0.3 is 5.97 Å². The molecule has 0 radical (unpaired) electrons. The van der Waals surface area contributed by atoms with E-state index in [1.54, 1.807) is 26.4 Å². The summed E-state index contributed by atoms with van der Waals surface area (Å²) in [7, 11) is 3.15. The molecule has 0 aliphatic heterocycles. The molecule has 1 N–H and O–H groups in total. The van der Waals surface area contributed by atoms with E-state index in [0.29, 0.717) is 11.5 Å². The van der Waals surface area contributed by atoms with Crippen molar-refractivity contribution in [1.82, 2.24) is 0 Å². The second-order valence-corrected chi connectivity index (χ2v) is 5.62. The monoisotopic (exact) mass is 268 g/mol.